The summed E-state index contributed by atoms with van der Waals surface area (Å²) in [5.74, 6) is 4.93. The van der Waals surface area contributed by atoms with E-state index < -0.39 is 11.7 Å². The van der Waals surface area contributed by atoms with Crippen LogP contribution in [0.2, 0.25) is 0 Å². The highest BCUT2D eigenvalue weighted by Gasteiger charge is 2.15. The van der Waals surface area contributed by atoms with Gasteiger partial charge in [-0.3, -0.25) is 4.79 Å². The smallest absolute Gasteiger partial charge is 0.254 e. The summed E-state index contributed by atoms with van der Waals surface area (Å²) in [6.07, 6.45) is 1.19. The number of rotatable bonds is 5. The lowest BCUT2D eigenvalue weighted by Crippen LogP contribution is -2.34. The summed E-state index contributed by atoms with van der Waals surface area (Å²) >= 11 is 0. The quantitative estimate of drug-likeness (QED) is 0.820. The molecule has 0 saturated heterocycles. The number of amides is 1. The molecule has 0 aromatic heterocycles. The van der Waals surface area contributed by atoms with Gasteiger partial charge in [0.2, 0.25) is 0 Å². The molecule has 1 rings (SSSR count). The zero-order valence-electron chi connectivity index (χ0n) is 12.7. The molecule has 0 aliphatic carbocycles. The summed E-state index contributed by atoms with van der Waals surface area (Å²) in [7, 11) is 0. The number of carbonyl (C=O) groups excluding carboxylic acids is 1. The summed E-state index contributed by atoms with van der Waals surface area (Å²) in [6.45, 7) is 6.03. The Labute approximate surface area is 125 Å². The summed E-state index contributed by atoms with van der Waals surface area (Å²) in [5.41, 5.74) is 0.519. The first-order valence-corrected chi connectivity index (χ1v) is 7.14. The van der Waals surface area contributed by atoms with Gasteiger partial charge in [-0.1, -0.05) is 25.7 Å². The Hall–Kier alpha value is -1.86. The molecule has 0 saturated carbocycles. The van der Waals surface area contributed by atoms with Gasteiger partial charge in [-0.15, -0.1) is 0 Å². The van der Waals surface area contributed by atoms with E-state index in [9.17, 15) is 9.18 Å². The third-order valence-corrected chi connectivity index (χ3v) is 2.89. The number of hydrogen-bond donors (Lipinski definition) is 2. The Balaban J connectivity index is 2.76. The predicted octanol–water partition coefficient (Wildman–Crippen LogP) is 2.72. The van der Waals surface area contributed by atoms with Crippen LogP contribution in [-0.2, 0) is 0 Å². The maximum atomic E-state index is 13.9. The van der Waals surface area contributed by atoms with Gasteiger partial charge in [0, 0.05) is 18.0 Å². The van der Waals surface area contributed by atoms with Gasteiger partial charge in [0.25, 0.3) is 5.91 Å². The summed E-state index contributed by atoms with van der Waals surface area (Å²) in [4.78, 5) is 12.0. The minimum atomic E-state index is -0.583. The van der Waals surface area contributed by atoms with Gasteiger partial charge < -0.3 is 10.4 Å². The van der Waals surface area contributed by atoms with E-state index in [4.69, 9.17) is 5.11 Å². The minimum Gasteiger partial charge on any atom is -0.395 e. The van der Waals surface area contributed by atoms with Crippen molar-refractivity contribution in [1.29, 1.82) is 0 Å². The molecule has 0 spiro atoms. The van der Waals surface area contributed by atoms with Crippen molar-refractivity contribution in [1.82, 2.24) is 5.32 Å². The second-order valence-electron chi connectivity index (χ2n) is 5.47. The molecule has 1 aromatic carbocycles. The molecule has 0 aliphatic rings. The van der Waals surface area contributed by atoms with Crippen LogP contribution in [0.25, 0.3) is 0 Å². The molecular weight excluding hydrogens is 269 g/mol. The van der Waals surface area contributed by atoms with Crippen LogP contribution in [0, 0.1) is 23.6 Å². The average Bonchev–Trinajstić information content (AvgIpc) is 2.37. The number of aliphatic hydroxyl groups is 1. The third-order valence-electron chi connectivity index (χ3n) is 2.89. The van der Waals surface area contributed by atoms with E-state index in [1.165, 1.54) is 12.1 Å². The topological polar surface area (TPSA) is 49.3 Å². The maximum absolute atomic E-state index is 13.9. The Morgan fingerprint density at radius 3 is 2.67 bits per heavy atom. The molecule has 3 nitrogen and oxygen atoms in total. The molecule has 1 amide bonds. The van der Waals surface area contributed by atoms with Crippen LogP contribution >= 0.6 is 0 Å². The SMILES string of the molecule is CC(C)CC(C)NC(=O)c1ccc(C#CCCO)cc1F. The molecular formula is C17H22FNO2. The fourth-order valence-electron chi connectivity index (χ4n) is 2.07. The van der Waals surface area contributed by atoms with Crippen molar-refractivity contribution in [2.75, 3.05) is 6.61 Å². The molecule has 0 heterocycles. The Kier molecular flexibility index (Phi) is 6.90. The van der Waals surface area contributed by atoms with Gasteiger partial charge in [0.05, 0.1) is 12.2 Å². The maximum Gasteiger partial charge on any atom is 0.254 e. The van der Waals surface area contributed by atoms with E-state index >= 15 is 0 Å². The van der Waals surface area contributed by atoms with Crippen molar-refractivity contribution < 1.29 is 14.3 Å². The third kappa shape index (κ3) is 5.97. The van der Waals surface area contributed by atoms with E-state index in [0.717, 1.165) is 6.42 Å². The van der Waals surface area contributed by atoms with Gasteiger partial charge in [0.1, 0.15) is 5.82 Å². The molecule has 1 aromatic rings. The highest BCUT2D eigenvalue weighted by Crippen LogP contribution is 2.11. The highest BCUT2D eigenvalue weighted by atomic mass is 19.1. The normalized spacial score (nSPS) is 11.7. The predicted molar refractivity (Wildman–Crippen MR) is 81.4 cm³/mol. The van der Waals surface area contributed by atoms with Crippen molar-refractivity contribution in [2.45, 2.75) is 39.7 Å². The molecule has 0 aliphatic heterocycles. The van der Waals surface area contributed by atoms with Crippen molar-refractivity contribution in [3.05, 3.63) is 35.1 Å². The lowest BCUT2D eigenvalue weighted by Gasteiger charge is -2.16. The second-order valence-corrected chi connectivity index (χ2v) is 5.47. The van der Waals surface area contributed by atoms with Crippen molar-refractivity contribution in [3.8, 4) is 11.8 Å². The molecule has 1 atom stereocenters. The number of benzene rings is 1. The standard InChI is InChI=1S/C17H22FNO2/c1-12(2)10-13(3)19-17(21)15-8-7-14(11-16(15)18)6-4-5-9-20/h7-8,11-13,20H,5,9-10H2,1-3H3,(H,19,21). The van der Waals surface area contributed by atoms with E-state index in [0.29, 0.717) is 17.9 Å². The first kappa shape index (κ1) is 17.2. The Morgan fingerprint density at radius 1 is 1.38 bits per heavy atom. The van der Waals surface area contributed by atoms with Crippen LogP contribution in [0.5, 0.6) is 0 Å². The van der Waals surface area contributed by atoms with Gasteiger partial charge >= 0.3 is 0 Å². The minimum absolute atomic E-state index is 0.000854. The molecule has 2 N–H and O–H groups in total. The van der Waals surface area contributed by atoms with Gasteiger partial charge in [-0.25, -0.2) is 4.39 Å². The number of carbonyl (C=O) groups is 1. The van der Waals surface area contributed by atoms with Crippen molar-refractivity contribution >= 4 is 5.91 Å². The largest absolute Gasteiger partial charge is 0.395 e. The second kappa shape index (κ2) is 8.43. The van der Waals surface area contributed by atoms with Crippen molar-refractivity contribution in [3.63, 3.8) is 0 Å². The monoisotopic (exact) mass is 291 g/mol. The van der Waals surface area contributed by atoms with Crippen LogP contribution in [0.3, 0.4) is 0 Å². The summed E-state index contributed by atoms with van der Waals surface area (Å²) < 4.78 is 13.9. The van der Waals surface area contributed by atoms with Crippen LogP contribution in [-0.4, -0.2) is 23.7 Å². The first-order valence-electron chi connectivity index (χ1n) is 7.14. The van der Waals surface area contributed by atoms with E-state index in [-0.39, 0.29) is 18.2 Å². The van der Waals surface area contributed by atoms with Crippen molar-refractivity contribution in [2.24, 2.45) is 5.92 Å². The number of aliphatic hydroxyl groups excluding tert-OH is 1. The average molecular weight is 291 g/mol. The number of hydrogen-bond acceptors (Lipinski definition) is 2. The lowest BCUT2D eigenvalue weighted by molar-refractivity contribution is 0.0932. The van der Waals surface area contributed by atoms with Gasteiger partial charge in [-0.05, 0) is 37.5 Å². The molecule has 0 radical (unpaired) electrons. The number of halogens is 1. The zero-order chi connectivity index (χ0) is 15.8. The molecule has 4 heteroatoms. The Morgan fingerprint density at radius 2 is 2.10 bits per heavy atom. The molecule has 0 fully saturated rings. The Bertz CT molecular complexity index is 543. The van der Waals surface area contributed by atoms with E-state index in [1.54, 1.807) is 6.07 Å². The first-order chi connectivity index (χ1) is 9.93. The van der Waals surface area contributed by atoms with Gasteiger partial charge in [-0.2, -0.15) is 0 Å². The summed E-state index contributed by atoms with van der Waals surface area (Å²) in [6, 6.07) is 4.29. The zero-order valence-corrected chi connectivity index (χ0v) is 12.7. The lowest BCUT2D eigenvalue weighted by atomic mass is 10.0. The molecule has 21 heavy (non-hydrogen) atoms. The summed E-state index contributed by atoms with van der Waals surface area (Å²) in [5, 5.41) is 11.4. The van der Waals surface area contributed by atoms with Crippen LogP contribution in [0.4, 0.5) is 4.39 Å². The van der Waals surface area contributed by atoms with Crippen LogP contribution in [0.1, 0.15) is 49.5 Å². The van der Waals surface area contributed by atoms with E-state index in [1.807, 2.05) is 6.92 Å². The fourth-order valence-corrected chi connectivity index (χ4v) is 2.07. The van der Waals surface area contributed by atoms with Gasteiger partial charge in [0.15, 0.2) is 0 Å². The van der Waals surface area contributed by atoms with Crippen LogP contribution in [0.15, 0.2) is 18.2 Å². The molecule has 114 valence electrons. The fraction of sp³-hybridized carbons (Fsp3) is 0.471. The number of nitrogens with one attached hydrogen (secondary N) is 1. The molecule has 1 unspecified atom stereocenters. The highest BCUT2D eigenvalue weighted by molar-refractivity contribution is 5.94. The molecule has 0 bridgehead atoms. The van der Waals surface area contributed by atoms with Crippen LogP contribution < -0.4 is 5.32 Å². The van der Waals surface area contributed by atoms with E-state index in [2.05, 4.69) is 31.0 Å².